The number of nitrogens with one attached hydrogen (secondary N) is 2. The molecular formula is C13H12N2O3S. The molecule has 0 spiro atoms. The fourth-order valence-electron chi connectivity index (χ4n) is 1.57. The lowest BCUT2D eigenvalue weighted by molar-refractivity contribution is -0.117. The quantitative estimate of drug-likeness (QED) is 0.698. The van der Waals surface area contributed by atoms with Crippen LogP contribution < -0.4 is 10.6 Å². The molecule has 98 valence electrons. The topological polar surface area (TPSA) is 78.4 Å². The second-order valence-electron chi connectivity index (χ2n) is 3.83. The molecule has 1 heterocycles. The normalized spacial score (nSPS) is 17.3. The Labute approximate surface area is 114 Å². The number of thioether (sulfide) groups is 1. The van der Waals surface area contributed by atoms with Gasteiger partial charge >= 0.3 is 0 Å². The van der Waals surface area contributed by atoms with Crippen LogP contribution in [0, 0.1) is 11.8 Å². The van der Waals surface area contributed by atoms with Gasteiger partial charge in [0.2, 0.25) is 5.91 Å². The Kier molecular flexibility index (Phi) is 4.44. The van der Waals surface area contributed by atoms with E-state index in [1.54, 1.807) is 24.3 Å². The Hall–Kier alpha value is -1.97. The molecule has 6 heteroatoms. The molecule has 1 saturated heterocycles. The summed E-state index contributed by atoms with van der Waals surface area (Å²) >= 11 is 1.10. The molecule has 0 radical (unpaired) electrons. The first-order valence-electron chi connectivity index (χ1n) is 5.63. The number of rotatable bonds is 2. The number of carbonyl (C=O) groups excluding carboxylic acids is 2. The number of aliphatic hydroxyl groups is 1. The molecule has 1 aromatic carbocycles. The molecule has 0 saturated carbocycles. The van der Waals surface area contributed by atoms with Gasteiger partial charge in [0.25, 0.3) is 5.24 Å². The van der Waals surface area contributed by atoms with Crippen LogP contribution in [0.1, 0.15) is 5.56 Å². The predicted octanol–water partition coefficient (Wildman–Crippen LogP) is 0.794. The second kappa shape index (κ2) is 6.27. The van der Waals surface area contributed by atoms with E-state index >= 15 is 0 Å². The van der Waals surface area contributed by atoms with Gasteiger partial charge in [0.15, 0.2) is 0 Å². The van der Waals surface area contributed by atoms with Crippen molar-refractivity contribution < 1.29 is 14.7 Å². The smallest absolute Gasteiger partial charge is 0.279 e. The first-order chi connectivity index (χ1) is 9.19. The Morgan fingerprint density at radius 2 is 2.42 bits per heavy atom. The lowest BCUT2D eigenvalue weighted by Crippen LogP contribution is -2.38. The maximum absolute atomic E-state index is 11.9. The Bertz CT molecular complexity index is 562. The van der Waals surface area contributed by atoms with E-state index in [0.29, 0.717) is 17.0 Å². The highest BCUT2D eigenvalue weighted by atomic mass is 32.2. The van der Waals surface area contributed by atoms with Crippen molar-refractivity contribution in [3.8, 4) is 11.8 Å². The summed E-state index contributed by atoms with van der Waals surface area (Å²) in [5.74, 6) is 5.49. The Balaban J connectivity index is 2.02. The molecule has 3 N–H and O–H groups in total. The molecule has 2 amide bonds. The zero-order valence-electron chi connectivity index (χ0n) is 9.97. The minimum Gasteiger partial charge on any atom is -0.384 e. The molecule has 1 aromatic rings. The van der Waals surface area contributed by atoms with E-state index in [1.807, 2.05) is 0 Å². The SMILES string of the molecule is O=C1NC(C(=O)Nc2cccc(C#CCO)c2)CS1. The largest absolute Gasteiger partial charge is 0.384 e. The van der Waals surface area contributed by atoms with Gasteiger partial charge in [-0.3, -0.25) is 9.59 Å². The fourth-order valence-corrected chi connectivity index (χ4v) is 2.35. The van der Waals surface area contributed by atoms with Crippen LogP contribution in [0.4, 0.5) is 10.5 Å². The molecule has 1 fully saturated rings. The summed E-state index contributed by atoms with van der Waals surface area (Å²) in [4.78, 5) is 22.9. The Morgan fingerprint density at radius 3 is 3.11 bits per heavy atom. The van der Waals surface area contributed by atoms with Crippen LogP contribution in [-0.4, -0.2) is 34.7 Å². The van der Waals surface area contributed by atoms with Crippen LogP contribution in [0.5, 0.6) is 0 Å². The highest BCUT2D eigenvalue weighted by molar-refractivity contribution is 8.14. The van der Waals surface area contributed by atoms with E-state index in [2.05, 4.69) is 22.5 Å². The summed E-state index contributed by atoms with van der Waals surface area (Å²) in [5.41, 5.74) is 1.32. The summed E-state index contributed by atoms with van der Waals surface area (Å²) in [6.45, 7) is -0.206. The summed E-state index contributed by atoms with van der Waals surface area (Å²) in [7, 11) is 0. The van der Waals surface area contributed by atoms with Crippen molar-refractivity contribution in [2.24, 2.45) is 0 Å². The van der Waals surface area contributed by atoms with Crippen molar-refractivity contribution in [3.63, 3.8) is 0 Å². The lowest BCUT2D eigenvalue weighted by Gasteiger charge is -2.10. The van der Waals surface area contributed by atoms with Crippen LogP contribution in [0.25, 0.3) is 0 Å². The summed E-state index contributed by atoms with van der Waals surface area (Å²) < 4.78 is 0. The standard InChI is InChI=1S/C13H12N2O3S/c16-6-2-4-9-3-1-5-10(7-9)14-12(17)11-8-19-13(18)15-11/h1,3,5,7,11,16H,6,8H2,(H,14,17)(H,15,18). The molecule has 19 heavy (non-hydrogen) atoms. The monoisotopic (exact) mass is 276 g/mol. The Morgan fingerprint density at radius 1 is 1.58 bits per heavy atom. The van der Waals surface area contributed by atoms with Crippen molar-refractivity contribution >= 4 is 28.6 Å². The molecular weight excluding hydrogens is 264 g/mol. The third-order valence-electron chi connectivity index (χ3n) is 2.43. The first-order valence-corrected chi connectivity index (χ1v) is 6.61. The predicted molar refractivity (Wildman–Crippen MR) is 73.8 cm³/mol. The maximum Gasteiger partial charge on any atom is 0.279 e. The number of carbonyl (C=O) groups is 2. The van der Waals surface area contributed by atoms with Crippen LogP contribution in [0.2, 0.25) is 0 Å². The van der Waals surface area contributed by atoms with Gasteiger partial charge in [-0.15, -0.1) is 0 Å². The van der Waals surface area contributed by atoms with Crippen molar-refractivity contribution in [2.45, 2.75) is 6.04 Å². The number of benzene rings is 1. The number of hydrogen-bond donors (Lipinski definition) is 3. The molecule has 1 atom stereocenters. The van der Waals surface area contributed by atoms with Gasteiger partial charge in [-0.25, -0.2) is 0 Å². The van der Waals surface area contributed by atoms with Gasteiger partial charge in [0.1, 0.15) is 12.6 Å². The van der Waals surface area contributed by atoms with Crippen LogP contribution in [-0.2, 0) is 4.79 Å². The third kappa shape index (κ3) is 3.74. The molecule has 0 aliphatic carbocycles. The highest BCUT2D eigenvalue weighted by Gasteiger charge is 2.27. The molecule has 1 aliphatic heterocycles. The van der Waals surface area contributed by atoms with Gasteiger partial charge < -0.3 is 15.7 Å². The van der Waals surface area contributed by atoms with Crippen LogP contribution in [0.15, 0.2) is 24.3 Å². The van der Waals surface area contributed by atoms with Gasteiger partial charge in [0, 0.05) is 17.0 Å². The zero-order chi connectivity index (χ0) is 13.7. The molecule has 1 aliphatic rings. The molecule has 0 bridgehead atoms. The first kappa shape index (κ1) is 13.5. The number of aliphatic hydroxyl groups excluding tert-OH is 1. The summed E-state index contributed by atoms with van der Waals surface area (Å²) in [6, 6.07) is 6.51. The zero-order valence-corrected chi connectivity index (χ0v) is 10.8. The van der Waals surface area contributed by atoms with Crippen LogP contribution in [0.3, 0.4) is 0 Å². The van der Waals surface area contributed by atoms with E-state index in [9.17, 15) is 9.59 Å². The average molecular weight is 276 g/mol. The van der Waals surface area contributed by atoms with Gasteiger partial charge in [-0.1, -0.05) is 29.7 Å². The van der Waals surface area contributed by atoms with E-state index < -0.39 is 6.04 Å². The molecule has 0 aromatic heterocycles. The van der Waals surface area contributed by atoms with E-state index in [1.165, 1.54) is 0 Å². The molecule has 2 rings (SSSR count). The van der Waals surface area contributed by atoms with Crippen LogP contribution >= 0.6 is 11.8 Å². The highest BCUT2D eigenvalue weighted by Crippen LogP contribution is 2.15. The van der Waals surface area contributed by atoms with E-state index in [-0.39, 0.29) is 17.8 Å². The average Bonchev–Trinajstić information content (AvgIpc) is 2.83. The fraction of sp³-hybridized carbons (Fsp3) is 0.231. The minimum atomic E-state index is -0.496. The molecule has 5 nitrogen and oxygen atoms in total. The molecule has 1 unspecified atom stereocenters. The number of anilines is 1. The van der Waals surface area contributed by atoms with E-state index in [0.717, 1.165) is 11.8 Å². The number of hydrogen-bond acceptors (Lipinski definition) is 4. The number of amides is 2. The third-order valence-corrected chi connectivity index (χ3v) is 3.31. The van der Waals surface area contributed by atoms with Gasteiger partial charge in [0.05, 0.1) is 0 Å². The van der Waals surface area contributed by atoms with Crippen molar-refractivity contribution in [1.82, 2.24) is 5.32 Å². The summed E-state index contributed by atoms with van der Waals surface area (Å²) in [6.07, 6.45) is 0. The van der Waals surface area contributed by atoms with Crippen molar-refractivity contribution in [2.75, 3.05) is 17.7 Å². The summed E-state index contributed by atoms with van der Waals surface area (Å²) in [5, 5.41) is 13.7. The van der Waals surface area contributed by atoms with Crippen molar-refractivity contribution in [3.05, 3.63) is 29.8 Å². The van der Waals surface area contributed by atoms with Crippen molar-refractivity contribution in [1.29, 1.82) is 0 Å². The lowest BCUT2D eigenvalue weighted by atomic mass is 10.2. The second-order valence-corrected chi connectivity index (χ2v) is 4.82. The van der Waals surface area contributed by atoms with E-state index in [4.69, 9.17) is 5.11 Å². The van der Waals surface area contributed by atoms with Gasteiger partial charge in [-0.2, -0.15) is 0 Å². The maximum atomic E-state index is 11.9. The minimum absolute atomic E-state index is 0.178. The van der Waals surface area contributed by atoms with Gasteiger partial charge in [-0.05, 0) is 18.2 Å².